The van der Waals surface area contributed by atoms with Gasteiger partial charge < -0.3 is 5.32 Å². The molecule has 2 heteroatoms. The predicted molar refractivity (Wildman–Crippen MR) is 123 cm³/mol. The summed E-state index contributed by atoms with van der Waals surface area (Å²) in [5.41, 5.74) is 7.08. The maximum atomic E-state index is 4.28. The molecule has 1 aliphatic carbocycles. The van der Waals surface area contributed by atoms with Crippen molar-refractivity contribution in [3.63, 3.8) is 0 Å². The summed E-state index contributed by atoms with van der Waals surface area (Å²) >= 11 is 0. The van der Waals surface area contributed by atoms with Crippen molar-refractivity contribution in [3.8, 4) is 0 Å². The van der Waals surface area contributed by atoms with E-state index in [-0.39, 0.29) is 0 Å². The average molecular weight is 371 g/mol. The van der Waals surface area contributed by atoms with E-state index < -0.39 is 0 Å². The second-order valence-corrected chi connectivity index (χ2v) is 8.13. The first-order valence-electron chi connectivity index (χ1n) is 10.8. The van der Waals surface area contributed by atoms with Gasteiger partial charge >= 0.3 is 0 Å². The Morgan fingerprint density at radius 3 is 2.52 bits per heavy atom. The summed E-state index contributed by atoms with van der Waals surface area (Å²) in [6, 6.07) is 0.372. The summed E-state index contributed by atoms with van der Waals surface area (Å²) in [6.07, 6.45) is 16.5. The fourth-order valence-corrected chi connectivity index (χ4v) is 3.68. The van der Waals surface area contributed by atoms with Crippen LogP contribution < -0.4 is 5.32 Å². The van der Waals surface area contributed by atoms with Crippen LogP contribution in [0.3, 0.4) is 0 Å². The quantitative estimate of drug-likeness (QED) is 0.397. The number of hydrogen-bond donors (Lipinski definition) is 1. The number of nitrogens with zero attached hydrogens (tertiary/aromatic N) is 1. The highest BCUT2D eigenvalue weighted by molar-refractivity contribution is 5.81. The molecule has 0 aromatic heterocycles. The zero-order valence-corrected chi connectivity index (χ0v) is 18.9. The lowest BCUT2D eigenvalue weighted by atomic mass is 9.92. The van der Waals surface area contributed by atoms with E-state index in [0.717, 1.165) is 19.4 Å². The van der Waals surface area contributed by atoms with Crippen molar-refractivity contribution in [2.45, 2.75) is 86.1 Å². The molecule has 152 valence electrons. The first-order valence-corrected chi connectivity index (χ1v) is 10.8. The molecule has 0 radical (unpaired) electrons. The van der Waals surface area contributed by atoms with Crippen LogP contribution in [0.1, 0.15) is 80.1 Å². The van der Waals surface area contributed by atoms with Gasteiger partial charge in [-0.2, -0.15) is 0 Å². The Morgan fingerprint density at radius 1 is 1.19 bits per heavy atom. The van der Waals surface area contributed by atoms with Crippen LogP contribution in [0.5, 0.6) is 0 Å². The van der Waals surface area contributed by atoms with Crippen molar-refractivity contribution < 1.29 is 0 Å². The van der Waals surface area contributed by atoms with Gasteiger partial charge in [-0.05, 0) is 62.7 Å². The van der Waals surface area contributed by atoms with E-state index >= 15 is 0 Å². The van der Waals surface area contributed by atoms with Crippen LogP contribution in [0.2, 0.25) is 0 Å². The summed E-state index contributed by atoms with van der Waals surface area (Å²) in [4.78, 5) is 4.28. The van der Waals surface area contributed by atoms with Crippen LogP contribution in [-0.2, 0) is 0 Å². The van der Waals surface area contributed by atoms with Gasteiger partial charge in [0.25, 0.3) is 0 Å². The molecule has 1 rings (SSSR count). The highest BCUT2D eigenvalue weighted by Gasteiger charge is 2.15. The largest absolute Gasteiger partial charge is 0.306 e. The lowest BCUT2D eigenvalue weighted by Crippen LogP contribution is -2.33. The van der Waals surface area contributed by atoms with Crippen molar-refractivity contribution in [2.24, 2.45) is 10.9 Å². The SMILES string of the molecule is CCCC[C@H](C)C1=CC=C(C)C(CNC(CCC)C(C=NC)=C(C)C)=CC1. The summed E-state index contributed by atoms with van der Waals surface area (Å²) in [6.45, 7) is 14.4. The topological polar surface area (TPSA) is 24.4 Å². The Hall–Kier alpha value is -1.41. The van der Waals surface area contributed by atoms with E-state index in [1.54, 1.807) is 5.57 Å². The molecule has 0 aliphatic heterocycles. The van der Waals surface area contributed by atoms with Crippen LogP contribution in [0.15, 0.2) is 51.1 Å². The zero-order chi connectivity index (χ0) is 20.2. The van der Waals surface area contributed by atoms with Crippen LogP contribution in [0, 0.1) is 5.92 Å². The third-order valence-corrected chi connectivity index (χ3v) is 5.60. The third kappa shape index (κ3) is 8.01. The lowest BCUT2D eigenvalue weighted by Gasteiger charge is -2.22. The number of allylic oxidation sites excluding steroid dienone is 5. The van der Waals surface area contributed by atoms with Crippen molar-refractivity contribution in [3.05, 3.63) is 46.1 Å². The van der Waals surface area contributed by atoms with Crippen molar-refractivity contribution in [1.82, 2.24) is 5.32 Å². The molecule has 0 aromatic rings. The molecule has 1 aliphatic rings. The minimum atomic E-state index is 0.372. The van der Waals surface area contributed by atoms with Gasteiger partial charge in [0.05, 0.1) is 0 Å². The predicted octanol–water partition coefficient (Wildman–Crippen LogP) is 6.81. The monoisotopic (exact) mass is 370 g/mol. The normalized spacial score (nSPS) is 17.1. The van der Waals surface area contributed by atoms with Gasteiger partial charge in [0.2, 0.25) is 0 Å². The molecule has 1 unspecified atom stereocenters. The van der Waals surface area contributed by atoms with Crippen LogP contribution >= 0.6 is 0 Å². The molecular weight excluding hydrogens is 328 g/mol. The fourth-order valence-electron chi connectivity index (χ4n) is 3.68. The Bertz CT molecular complexity index is 598. The van der Waals surface area contributed by atoms with Crippen molar-refractivity contribution >= 4 is 6.21 Å². The molecule has 0 spiro atoms. The highest BCUT2D eigenvalue weighted by atomic mass is 14.9. The molecule has 27 heavy (non-hydrogen) atoms. The Labute approximate surface area is 168 Å². The van der Waals surface area contributed by atoms with Crippen LogP contribution in [0.25, 0.3) is 0 Å². The Kier molecular flexibility index (Phi) is 11.3. The lowest BCUT2D eigenvalue weighted by molar-refractivity contribution is 0.558. The third-order valence-electron chi connectivity index (χ3n) is 5.60. The highest BCUT2D eigenvalue weighted by Crippen LogP contribution is 2.26. The fraction of sp³-hybridized carbons (Fsp3) is 0.640. The maximum Gasteiger partial charge on any atom is 0.0337 e. The number of aliphatic imine (C=N–C) groups is 1. The molecule has 1 N–H and O–H groups in total. The Morgan fingerprint density at radius 2 is 1.93 bits per heavy atom. The number of hydrogen-bond acceptors (Lipinski definition) is 2. The minimum Gasteiger partial charge on any atom is -0.306 e. The molecule has 0 saturated carbocycles. The smallest absolute Gasteiger partial charge is 0.0337 e. The molecular formula is C25H42N2. The average Bonchev–Trinajstić information content (AvgIpc) is 2.83. The summed E-state index contributed by atoms with van der Waals surface area (Å²) < 4.78 is 0. The number of rotatable bonds is 11. The van der Waals surface area contributed by atoms with Gasteiger partial charge in [0.15, 0.2) is 0 Å². The van der Waals surface area contributed by atoms with Crippen LogP contribution in [0.4, 0.5) is 0 Å². The van der Waals surface area contributed by atoms with Gasteiger partial charge in [0.1, 0.15) is 0 Å². The van der Waals surface area contributed by atoms with Gasteiger partial charge in [-0.15, -0.1) is 0 Å². The zero-order valence-electron chi connectivity index (χ0n) is 18.9. The van der Waals surface area contributed by atoms with Gasteiger partial charge in [0, 0.05) is 25.8 Å². The van der Waals surface area contributed by atoms with Crippen molar-refractivity contribution in [1.29, 1.82) is 0 Å². The Balaban J connectivity index is 2.83. The van der Waals surface area contributed by atoms with Gasteiger partial charge in [-0.3, -0.25) is 4.99 Å². The second kappa shape index (κ2) is 12.9. The van der Waals surface area contributed by atoms with E-state index in [1.165, 1.54) is 48.0 Å². The van der Waals surface area contributed by atoms with E-state index in [0.29, 0.717) is 12.0 Å². The molecule has 2 nitrogen and oxygen atoms in total. The molecule has 0 fully saturated rings. The molecule has 0 aromatic carbocycles. The van der Waals surface area contributed by atoms with Gasteiger partial charge in [-0.25, -0.2) is 0 Å². The maximum absolute atomic E-state index is 4.28. The van der Waals surface area contributed by atoms with Crippen molar-refractivity contribution in [2.75, 3.05) is 13.6 Å². The van der Waals surface area contributed by atoms with E-state index in [1.807, 2.05) is 13.3 Å². The molecule has 0 amide bonds. The molecule has 0 bridgehead atoms. The van der Waals surface area contributed by atoms with E-state index in [2.05, 4.69) is 70.1 Å². The second-order valence-electron chi connectivity index (χ2n) is 8.13. The minimum absolute atomic E-state index is 0.372. The standard InChI is InChI=1S/C25H42N2/c1-8-10-12-20(5)22-14-13-21(6)23(16-15-22)17-27-25(11-9-2)24(18-26-7)19(3)4/h13-14,16,18,20,25,27H,8-12,15,17H2,1-7H3/t20-,25?/m0/s1. The first kappa shape index (κ1) is 23.6. The summed E-state index contributed by atoms with van der Waals surface area (Å²) in [5, 5.41) is 3.81. The number of unbranched alkanes of at least 4 members (excludes halogenated alkanes) is 1. The number of nitrogens with one attached hydrogen (secondary N) is 1. The molecule has 0 saturated heterocycles. The molecule has 0 heterocycles. The van der Waals surface area contributed by atoms with E-state index in [4.69, 9.17) is 0 Å². The first-order chi connectivity index (χ1) is 12.9. The summed E-state index contributed by atoms with van der Waals surface area (Å²) in [5.74, 6) is 0.684. The molecule has 2 atom stereocenters. The van der Waals surface area contributed by atoms with Gasteiger partial charge in [-0.1, -0.05) is 69.4 Å². The van der Waals surface area contributed by atoms with E-state index in [9.17, 15) is 0 Å². The summed E-state index contributed by atoms with van der Waals surface area (Å²) in [7, 11) is 1.86. The van der Waals surface area contributed by atoms with Crippen LogP contribution in [-0.4, -0.2) is 25.8 Å².